The molecule has 0 saturated carbocycles. The van der Waals surface area contributed by atoms with Crippen molar-refractivity contribution in [1.82, 2.24) is 9.13 Å². The first-order valence-corrected chi connectivity index (χ1v) is 5.53. The van der Waals surface area contributed by atoms with Gasteiger partial charge in [0.25, 0.3) is 0 Å². The van der Waals surface area contributed by atoms with Gasteiger partial charge in [0, 0.05) is 7.11 Å². The topological polar surface area (TPSA) is 15.7 Å². The molecule has 1 atom stereocenters. The highest BCUT2D eigenvalue weighted by Gasteiger charge is 2.32. The summed E-state index contributed by atoms with van der Waals surface area (Å²) in [5.41, 5.74) is 0. The number of hydrogen-bond acceptors (Lipinski definition) is 3. The molecule has 0 N–H and O–H groups in total. The van der Waals surface area contributed by atoms with Gasteiger partial charge in [0.1, 0.15) is 0 Å². The molecule has 11 heavy (non-hydrogen) atoms. The Labute approximate surface area is 71.3 Å². The van der Waals surface area contributed by atoms with Crippen LogP contribution in [0.5, 0.6) is 0 Å². The Bertz CT molecular complexity index is 123. The van der Waals surface area contributed by atoms with Crippen molar-refractivity contribution >= 4 is 9.84 Å². The molecule has 1 unspecified atom stereocenters. The Kier molecular flexibility index (Phi) is 3.51. The molecule has 1 aliphatic rings. The molecule has 0 spiro atoms. The summed E-state index contributed by atoms with van der Waals surface area (Å²) in [5.74, 6) is 0. The van der Waals surface area contributed by atoms with Crippen LogP contribution in [-0.4, -0.2) is 46.0 Å². The zero-order valence-electron chi connectivity index (χ0n) is 7.71. The minimum Gasteiger partial charge on any atom is -0.354 e. The van der Waals surface area contributed by atoms with E-state index in [1.807, 2.05) is 0 Å². The maximum absolute atomic E-state index is 5.29. The van der Waals surface area contributed by atoms with E-state index in [0.29, 0.717) is 6.35 Å². The number of methoxy groups -OCH3 is 1. The van der Waals surface area contributed by atoms with Crippen LogP contribution in [0.15, 0.2) is 0 Å². The monoisotopic (exact) mass is 174 g/mol. The van der Waals surface area contributed by atoms with Crippen molar-refractivity contribution in [1.29, 1.82) is 0 Å². The first kappa shape index (κ1) is 9.19. The molecule has 1 fully saturated rings. The fourth-order valence-electron chi connectivity index (χ4n) is 1.48. The Morgan fingerprint density at radius 2 is 2.27 bits per heavy atom. The summed E-state index contributed by atoms with van der Waals surface area (Å²) in [4.78, 5) is 0. The van der Waals surface area contributed by atoms with Crippen molar-refractivity contribution in [3.8, 4) is 0 Å². The SMILES string of the molecule is CCCCN1[SiH2]N(C)C1OC. The van der Waals surface area contributed by atoms with Gasteiger partial charge in [-0.3, -0.25) is 9.13 Å². The largest absolute Gasteiger partial charge is 0.354 e. The summed E-state index contributed by atoms with van der Waals surface area (Å²) in [5, 5.41) is 0. The molecule has 1 saturated heterocycles. The minimum atomic E-state index is -0.0938. The van der Waals surface area contributed by atoms with Crippen molar-refractivity contribution in [3.05, 3.63) is 0 Å². The second-order valence-electron chi connectivity index (χ2n) is 3.13. The van der Waals surface area contributed by atoms with E-state index in [1.165, 1.54) is 19.4 Å². The Morgan fingerprint density at radius 1 is 1.55 bits per heavy atom. The maximum Gasteiger partial charge on any atom is 0.179 e. The minimum absolute atomic E-state index is 0.0938. The Morgan fingerprint density at radius 3 is 2.73 bits per heavy atom. The molecule has 1 rings (SSSR count). The van der Waals surface area contributed by atoms with E-state index in [1.54, 1.807) is 7.11 Å². The van der Waals surface area contributed by atoms with Crippen LogP contribution < -0.4 is 0 Å². The highest BCUT2D eigenvalue weighted by Crippen LogP contribution is 2.14. The van der Waals surface area contributed by atoms with Gasteiger partial charge in [-0.1, -0.05) is 13.3 Å². The molecule has 0 aromatic carbocycles. The van der Waals surface area contributed by atoms with E-state index < -0.39 is 0 Å². The molecular weight excluding hydrogens is 156 g/mol. The van der Waals surface area contributed by atoms with Crippen molar-refractivity contribution in [2.45, 2.75) is 26.1 Å². The predicted molar refractivity (Wildman–Crippen MR) is 48.7 cm³/mol. The average molecular weight is 174 g/mol. The van der Waals surface area contributed by atoms with Crippen LogP contribution in [0.25, 0.3) is 0 Å². The normalized spacial score (nSPS) is 29.2. The molecule has 66 valence electrons. The van der Waals surface area contributed by atoms with Gasteiger partial charge in [0.2, 0.25) is 0 Å². The number of hydrogen-bond donors (Lipinski definition) is 0. The second kappa shape index (κ2) is 4.20. The fourth-order valence-corrected chi connectivity index (χ4v) is 3.20. The van der Waals surface area contributed by atoms with Crippen LogP contribution in [0, 0.1) is 0 Å². The Balaban J connectivity index is 2.16. The van der Waals surface area contributed by atoms with Gasteiger partial charge in [-0.2, -0.15) is 0 Å². The summed E-state index contributed by atoms with van der Waals surface area (Å²) >= 11 is 0. The van der Waals surface area contributed by atoms with E-state index in [9.17, 15) is 0 Å². The maximum atomic E-state index is 5.29. The number of nitrogens with zero attached hydrogens (tertiary/aromatic N) is 2. The van der Waals surface area contributed by atoms with Gasteiger partial charge in [-0.25, -0.2) is 0 Å². The summed E-state index contributed by atoms with van der Waals surface area (Å²) in [6, 6.07) is 0. The lowest BCUT2D eigenvalue weighted by molar-refractivity contribution is -0.103. The fraction of sp³-hybridized carbons (Fsp3) is 1.00. The molecule has 0 aromatic heterocycles. The van der Waals surface area contributed by atoms with E-state index in [0.717, 1.165) is 0 Å². The van der Waals surface area contributed by atoms with Gasteiger partial charge in [0.05, 0.1) is 0 Å². The van der Waals surface area contributed by atoms with Crippen LogP contribution in [0.3, 0.4) is 0 Å². The molecule has 4 heteroatoms. The lowest BCUT2D eigenvalue weighted by Gasteiger charge is -2.47. The molecular formula is C7H18N2OSi. The number of rotatable bonds is 4. The van der Waals surface area contributed by atoms with Crippen molar-refractivity contribution in [3.63, 3.8) is 0 Å². The van der Waals surface area contributed by atoms with E-state index in [-0.39, 0.29) is 9.84 Å². The third-order valence-electron chi connectivity index (χ3n) is 2.10. The molecule has 3 nitrogen and oxygen atoms in total. The second-order valence-corrected chi connectivity index (χ2v) is 5.22. The third kappa shape index (κ3) is 2.02. The number of unbranched alkanes of at least 4 members (excludes halogenated alkanes) is 1. The smallest absolute Gasteiger partial charge is 0.179 e. The quantitative estimate of drug-likeness (QED) is 0.556. The summed E-state index contributed by atoms with van der Waals surface area (Å²) < 4.78 is 10.1. The van der Waals surface area contributed by atoms with Gasteiger partial charge >= 0.3 is 0 Å². The average Bonchev–Trinajstić information content (AvgIpc) is 1.98. The molecule has 0 amide bonds. The van der Waals surface area contributed by atoms with Gasteiger partial charge in [-0.15, -0.1) is 0 Å². The van der Waals surface area contributed by atoms with E-state index in [2.05, 4.69) is 23.1 Å². The summed E-state index contributed by atoms with van der Waals surface area (Å²) in [6.45, 7) is 3.46. The van der Waals surface area contributed by atoms with Gasteiger partial charge in [0.15, 0.2) is 16.2 Å². The van der Waals surface area contributed by atoms with Gasteiger partial charge in [-0.05, 0) is 20.0 Å². The van der Waals surface area contributed by atoms with E-state index >= 15 is 0 Å². The standard InChI is InChI=1S/C7H18N2OSi/c1-4-5-6-9-7(10-3)8(2)11-9/h7H,4-6,11H2,1-3H3. The van der Waals surface area contributed by atoms with Crippen LogP contribution in [0.1, 0.15) is 19.8 Å². The first-order chi connectivity index (χ1) is 5.29. The molecule has 1 aliphatic heterocycles. The molecule has 0 aromatic rings. The summed E-state index contributed by atoms with van der Waals surface area (Å²) in [7, 11) is 3.83. The molecule has 0 radical (unpaired) electrons. The summed E-state index contributed by atoms with van der Waals surface area (Å²) in [6.07, 6.45) is 2.89. The van der Waals surface area contributed by atoms with Gasteiger partial charge < -0.3 is 4.74 Å². The lowest BCUT2D eigenvalue weighted by Crippen LogP contribution is -2.65. The van der Waals surface area contributed by atoms with Crippen molar-refractivity contribution in [2.24, 2.45) is 0 Å². The van der Waals surface area contributed by atoms with Crippen LogP contribution in [0.4, 0.5) is 0 Å². The predicted octanol–water partition coefficient (Wildman–Crippen LogP) is -0.0373. The van der Waals surface area contributed by atoms with Crippen molar-refractivity contribution < 1.29 is 4.74 Å². The highest BCUT2D eigenvalue weighted by molar-refractivity contribution is 6.31. The van der Waals surface area contributed by atoms with Crippen LogP contribution in [-0.2, 0) is 4.74 Å². The lowest BCUT2D eigenvalue weighted by atomic mass is 10.3. The molecule has 0 aliphatic carbocycles. The van der Waals surface area contributed by atoms with Crippen LogP contribution >= 0.6 is 0 Å². The third-order valence-corrected chi connectivity index (χ3v) is 3.85. The first-order valence-electron chi connectivity index (χ1n) is 4.26. The molecule has 0 bridgehead atoms. The molecule has 1 heterocycles. The highest BCUT2D eigenvalue weighted by atomic mass is 28.2. The van der Waals surface area contributed by atoms with E-state index in [4.69, 9.17) is 4.74 Å². The van der Waals surface area contributed by atoms with Crippen LogP contribution in [0.2, 0.25) is 0 Å². The Hall–Kier alpha value is 0.0969. The zero-order valence-corrected chi connectivity index (χ0v) is 9.12. The van der Waals surface area contributed by atoms with Crippen molar-refractivity contribution in [2.75, 3.05) is 20.7 Å². The number of ether oxygens (including phenoxy) is 1. The zero-order chi connectivity index (χ0) is 8.27.